The third-order valence-corrected chi connectivity index (χ3v) is 6.57. The number of rotatable bonds is 9. The summed E-state index contributed by atoms with van der Waals surface area (Å²) in [6, 6.07) is 15.3. The molecule has 3 aromatic carbocycles. The molecule has 0 unspecified atom stereocenters. The summed E-state index contributed by atoms with van der Waals surface area (Å²) in [7, 11) is 0. The Balaban J connectivity index is 1.34. The second kappa shape index (κ2) is 11.0. The van der Waals surface area contributed by atoms with Gasteiger partial charge in [0, 0.05) is 24.4 Å². The van der Waals surface area contributed by atoms with E-state index in [1.54, 1.807) is 18.3 Å². The first-order valence-corrected chi connectivity index (χ1v) is 12.5. The molecule has 5 rings (SSSR count). The van der Waals surface area contributed by atoms with Gasteiger partial charge in [0.1, 0.15) is 37.9 Å². The zero-order valence-electron chi connectivity index (χ0n) is 20.7. The number of aromatic nitrogens is 2. The summed E-state index contributed by atoms with van der Waals surface area (Å²) in [5.74, 6) is 2.36. The van der Waals surface area contributed by atoms with Crippen molar-refractivity contribution in [1.82, 2.24) is 9.78 Å². The summed E-state index contributed by atoms with van der Waals surface area (Å²) < 4.78 is 25.2. The first kappa shape index (κ1) is 24.7. The third-order valence-electron chi connectivity index (χ3n) is 6.28. The number of halogens is 1. The van der Waals surface area contributed by atoms with Gasteiger partial charge >= 0.3 is 0 Å². The quantitative estimate of drug-likeness (QED) is 0.243. The number of nitrogens with zero attached hydrogens (tertiary/aromatic N) is 2. The minimum atomic E-state index is 0.276. The molecule has 2 heterocycles. The molecule has 0 N–H and O–H groups in total. The molecule has 190 valence electrons. The van der Waals surface area contributed by atoms with Crippen LogP contribution in [-0.4, -0.2) is 29.3 Å². The number of carbonyl (C=O) groups is 1. The van der Waals surface area contributed by atoms with Crippen molar-refractivity contribution in [1.29, 1.82) is 0 Å². The molecule has 37 heavy (non-hydrogen) atoms. The average molecular weight is 519 g/mol. The molecular formula is C29H27ClN2O5. The van der Waals surface area contributed by atoms with Gasteiger partial charge in [-0.15, -0.1) is 0 Å². The zero-order valence-corrected chi connectivity index (χ0v) is 21.5. The normalized spacial score (nSPS) is 12.3. The van der Waals surface area contributed by atoms with Crippen LogP contribution in [0.3, 0.4) is 0 Å². The van der Waals surface area contributed by atoms with Gasteiger partial charge in [0.05, 0.1) is 16.8 Å². The van der Waals surface area contributed by atoms with Gasteiger partial charge in [-0.2, -0.15) is 5.10 Å². The smallest absolute Gasteiger partial charge is 0.161 e. The van der Waals surface area contributed by atoms with E-state index in [1.165, 1.54) is 0 Å². The highest BCUT2D eigenvalue weighted by Crippen LogP contribution is 2.37. The molecule has 0 fully saturated rings. The highest BCUT2D eigenvalue weighted by Gasteiger charge is 2.16. The first-order chi connectivity index (χ1) is 18.1. The van der Waals surface area contributed by atoms with Crippen LogP contribution < -0.4 is 18.9 Å². The molecular weight excluding hydrogens is 492 g/mol. The summed E-state index contributed by atoms with van der Waals surface area (Å²) >= 11 is 6.44. The van der Waals surface area contributed by atoms with Crippen molar-refractivity contribution in [3.05, 3.63) is 88.2 Å². The van der Waals surface area contributed by atoms with E-state index in [4.69, 9.17) is 30.5 Å². The zero-order chi connectivity index (χ0) is 25.8. The van der Waals surface area contributed by atoms with Gasteiger partial charge in [-0.3, -0.25) is 9.48 Å². The van der Waals surface area contributed by atoms with Crippen molar-refractivity contribution in [2.24, 2.45) is 0 Å². The molecule has 0 atom stereocenters. The average Bonchev–Trinajstić information content (AvgIpc) is 3.40. The Bertz CT molecular complexity index is 1430. The fourth-order valence-electron chi connectivity index (χ4n) is 4.21. The molecule has 8 heteroatoms. The lowest BCUT2D eigenvalue weighted by molar-refractivity contribution is 0.111. The van der Waals surface area contributed by atoms with E-state index in [-0.39, 0.29) is 6.61 Å². The van der Waals surface area contributed by atoms with Crippen molar-refractivity contribution < 1.29 is 23.7 Å². The van der Waals surface area contributed by atoms with E-state index in [2.05, 4.69) is 18.1 Å². The first-order valence-electron chi connectivity index (χ1n) is 12.1. The van der Waals surface area contributed by atoms with E-state index in [0.717, 1.165) is 52.1 Å². The molecule has 1 aliphatic rings. The molecule has 0 saturated carbocycles. The number of ether oxygens (including phenoxy) is 4. The number of fused-ring (bicyclic) bond motifs is 1. The molecule has 0 radical (unpaired) electrons. The second-order valence-electron chi connectivity index (χ2n) is 8.67. The van der Waals surface area contributed by atoms with Gasteiger partial charge in [0.2, 0.25) is 0 Å². The van der Waals surface area contributed by atoms with Crippen LogP contribution >= 0.6 is 11.6 Å². The Hall–Kier alpha value is -3.97. The predicted molar refractivity (Wildman–Crippen MR) is 141 cm³/mol. The maximum Gasteiger partial charge on any atom is 0.161 e. The highest BCUT2D eigenvalue weighted by atomic mass is 35.5. The third kappa shape index (κ3) is 5.42. The lowest BCUT2D eigenvalue weighted by atomic mass is 9.96. The molecule has 0 spiro atoms. The second-order valence-corrected chi connectivity index (χ2v) is 9.08. The maximum atomic E-state index is 11.6. The SMILES string of the molecule is CCn1cc(COc2cc(OCc3cccc(-c4ccc5c(c4)OCCO5)c3C)c(Cl)cc2C=O)cn1. The van der Waals surface area contributed by atoms with Crippen molar-refractivity contribution in [3.8, 4) is 34.1 Å². The van der Waals surface area contributed by atoms with Gasteiger partial charge < -0.3 is 18.9 Å². The minimum Gasteiger partial charge on any atom is -0.488 e. The van der Waals surface area contributed by atoms with E-state index in [0.29, 0.717) is 41.9 Å². The molecule has 0 aliphatic carbocycles. The lowest BCUT2D eigenvalue weighted by Gasteiger charge is -2.20. The van der Waals surface area contributed by atoms with Crippen LogP contribution in [0, 0.1) is 6.92 Å². The Morgan fingerprint density at radius 3 is 2.62 bits per heavy atom. The molecule has 0 bridgehead atoms. The van der Waals surface area contributed by atoms with E-state index >= 15 is 0 Å². The highest BCUT2D eigenvalue weighted by molar-refractivity contribution is 6.32. The van der Waals surface area contributed by atoms with Crippen LogP contribution in [0.1, 0.15) is 34.0 Å². The summed E-state index contributed by atoms with van der Waals surface area (Å²) in [5, 5.41) is 4.59. The predicted octanol–water partition coefficient (Wildman–Crippen LogP) is 6.27. The van der Waals surface area contributed by atoms with Crippen molar-refractivity contribution in [2.45, 2.75) is 33.6 Å². The minimum absolute atomic E-state index is 0.276. The number of hydrogen-bond donors (Lipinski definition) is 0. The van der Waals surface area contributed by atoms with Gasteiger partial charge in [-0.05, 0) is 54.3 Å². The van der Waals surface area contributed by atoms with Gasteiger partial charge in [0.25, 0.3) is 0 Å². The van der Waals surface area contributed by atoms with Crippen LogP contribution in [0.4, 0.5) is 0 Å². The standard InChI is InChI=1S/C29H27ClN2O5/c1-3-32-15-20(14-31-32)17-36-27-13-28(25(30)11-23(27)16-33)37-18-22-5-4-6-24(19(22)2)21-7-8-26-29(12-21)35-10-9-34-26/h4-8,11-16H,3,9-10,17-18H2,1-2H3. The Morgan fingerprint density at radius 2 is 1.84 bits per heavy atom. The number of hydrogen-bond acceptors (Lipinski definition) is 6. The monoisotopic (exact) mass is 518 g/mol. The fraction of sp³-hybridized carbons (Fsp3) is 0.241. The number of carbonyl (C=O) groups excluding carboxylic acids is 1. The molecule has 1 aliphatic heterocycles. The summed E-state index contributed by atoms with van der Waals surface area (Å²) in [6.45, 7) is 6.52. The van der Waals surface area contributed by atoms with Crippen molar-refractivity contribution >= 4 is 17.9 Å². The fourth-order valence-corrected chi connectivity index (χ4v) is 4.44. The van der Waals surface area contributed by atoms with Gasteiger partial charge in [-0.25, -0.2) is 0 Å². The Labute approximate surface area is 220 Å². The van der Waals surface area contributed by atoms with E-state index in [1.807, 2.05) is 48.1 Å². The van der Waals surface area contributed by atoms with Crippen molar-refractivity contribution in [3.63, 3.8) is 0 Å². The van der Waals surface area contributed by atoms with E-state index < -0.39 is 0 Å². The molecule has 0 amide bonds. The van der Waals surface area contributed by atoms with Gasteiger partial charge in [-0.1, -0.05) is 35.9 Å². The summed E-state index contributed by atoms with van der Waals surface area (Å²) in [6.07, 6.45) is 4.38. The molecule has 4 aromatic rings. The number of benzene rings is 3. The topological polar surface area (TPSA) is 71.8 Å². The lowest BCUT2D eigenvalue weighted by Crippen LogP contribution is -2.15. The summed E-state index contributed by atoms with van der Waals surface area (Å²) in [4.78, 5) is 11.6. The number of aryl methyl sites for hydroxylation is 1. The largest absolute Gasteiger partial charge is 0.488 e. The van der Waals surface area contributed by atoms with Crippen molar-refractivity contribution in [2.75, 3.05) is 13.2 Å². The van der Waals surface area contributed by atoms with Crippen LogP contribution in [0.25, 0.3) is 11.1 Å². The van der Waals surface area contributed by atoms with Crippen LogP contribution in [0.2, 0.25) is 5.02 Å². The Kier molecular flexibility index (Phi) is 7.32. The van der Waals surface area contributed by atoms with Gasteiger partial charge in [0.15, 0.2) is 17.8 Å². The molecule has 7 nitrogen and oxygen atoms in total. The van der Waals surface area contributed by atoms with Crippen LogP contribution in [-0.2, 0) is 19.8 Å². The molecule has 0 saturated heterocycles. The maximum absolute atomic E-state index is 11.6. The number of aldehydes is 1. The Morgan fingerprint density at radius 1 is 1.03 bits per heavy atom. The summed E-state index contributed by atoms with van der Waals surface area (Å²) in [5.41, 5.74) is 5.48. The van der Waals surface area contributed by atoms with E-state index in [9.17, 15) is 4.79 Å². The molecule has 1 aromatic heterocycles. The van der Waals surface area contributed by atoms with Crippen LogP contribution in [0.5, 0.6) is 23.0 Å². The van der Waals surface area contributed by atoms with Crippen LogP contribution in [0.15, 0.2) is 60.9 Å².